The van der Waals surface area contributed by atoms with E-state index in [1.54, 1.807) is 18.2 Å². The number of carbonyl (C=O) groups excluding carboxylic acids is 1. The maximum Gasteiger partial charge on any atom is 0.264 e. The SMILES string of the molecule is Cc1cccc(N(CC(=O)NC[C@@H](C)c2ccccc2)S(=O)(=O)c2ccc(Cl)cc2)c1. The number of anilines is 1. The van der Waals surface area contributed by atoms with Crippen LogP contribution in [0.5, 0.6) is 0 Å². The van der Waals surface area contributed by atoms with Crippen LogP contribution in [0, 0.1) is 6.92 Å². The zero-order valence-corrected chi connectivity index (χ0v) is 19.0. The van der Waals surface area contributed by atoms with E-state index in [9.17, 15) is 13.2 Å². The van der Waals surface area contributed by atoms with Crippen molar-refractivity contribution in [3.05, 3.63) is 95.0 Å². The number of nitrogens with one attached hydrogen (secondary N) is 1. The van der Waals surface area contributed by atoms with E-state index in [1.807, 2.05) is 50.2 Å². The molecule has 0 unspecified atom stereocenters. The summed E-state index contributed by atoms with van der Waals surface area (Å²) < 4.78 is 27.8. The summed E-state index contributed by atoms with van der Waals surface area (Å²) in [7, 11) is -3.96. The lowest BCUT2D eigenvalue weighted by molar-refractivity contribution is -0.119. The van der Waals surface area contributed by atoms with Gasteiger partial charge in [0.25, 0.3) is 10.0 Å². The molecule has 0 saturated carbocycles. The Morgan fingerprint density at radius 2 is 1.68 bits per heavy atom. The van der Waals surface area contributed by atoms with Crippen molar-refractivity contribution in [1.82, 2.24) is 5.32 Å². The fourth-order valence-electron chi connectivity index (χ4n) is 3.18. The summed E-state index contributed by atoms with van der Waals surface area (Å²) in [6, 6.07) is 22.8. The highest BCUT2D eigenvalue weighted by molar-refractivity contribution is 7.92. The molecule has 0 saturated heterocycles. The Kier molecular flexibility index (Phi) is 7.36. The monoisotopic (exact) mass is 456 g/mol. The Hall–Kier alpha value is -2.83. The zero-order valence-electron chi connectivity index (χ0n) is 17.5. The van der Waals surface area contributed by atoms with Gasteiger partial charge in [-0.15, -0.1) is 0 Å². The molecule has 1 atom stereocenters. The fraction of sp³-hybridized carbons (Fsp3) is 0.208. The van der Waals surface area contributed by atoms with Crippen molar-refractivity contribution < 1.29 is 13.2 Å². The molecular weight excluding hydrogens is 432 g/mol. The van der Waals surface area contributed by atoms with E-state index >= 15 is 0 Å². The second-order valence-electron chi connectivity index (χ2n) is 7.42. The molecule has 0 bridgehead atoms. The van der Waals surface area contributed by atoms with Crippen molar-refractivity contribution in [2.75, 3.05) is 17.4 Å². The lowest BCUT2D eigenvalue weighted by atomic mass is 10.0. The molecule has 0 radical (unpaired) electrons. The third-order valence-corrected chi connectivity index (χ3v) is 6.99. The van der Waals surface area contributed by atoms with E-state index in [-0.39, 0.29) is 23.3 Å². The molecular formula is C24H25ClN2O3S. The van der Waals surface area contributed by atoms with Crippen molar-refractivity contribution in [3.63, 3.8) is 0 Å². The van der Waals surface area contributed by atoms with Crippen LogP contribution in [0.25, 0.3) is 0 Å². The van der Waals surface area contributed by atoms with Gasteiger partial charge in [-0.1, -0.05) is 61.0 Å². The van der Waals surface area contributed by atoms with Crippen LogP contribution in [0.1, 0.15) is 24.0 Å². The van der Waals surface area contributed by atoms with Crippen LogP contribution in [0.15, 0.2) is 83.8 Å². The summed E-state index contributed by atoms with van der Waals surface area (Å²) in [5, 5.41) is 3.30. The molecule has 3 aromatic rings. The van der Waals surface area contributed by atoms with Crippen LogP contribution >= 0.6 is 11.6 Å². The van der Waals surface area contributed by atoms with Gasteiger partial charge in [0.2, 0.25) is 5.91 Å². The molecule has 5 nitrogen and oxygen atoms in total. The van der Waals surface area contributed by atoms with Gasteiger partial charge in [0.1, 0.15) is 6.54 Å². The van der Waals surface area contributed by atoms with E-state index in [0.29, 0.717) is 17.3 Å². The molecule has 1 amide bonds. The van der Waals surface area contributed by atoms with E-state index in [4.69, 9.17) is 11.6 Å². The standard InChI is InChI=1S/C24H25ClN2O3S/c1-18-7-6-10-22(15-18)27(31(29,30)23-13-11-21(25)12-14-23)17-24(28)26-16-19(2)20-8-4-3-5-9-20/h3-15,19H,16-17H2,1-2H3,(H,26,28)/t19-/m1/s1. The Morgan fingerprint density at radius 1 is 1.00 bits per heavy atom. The van der Waals surface area contributed by atoms with E-state index in [0.717, 1.165) is 15.4 Å². The molecule has 3 rings (SSSR count). The highest BCUT2D eigenvalue weighted by Gasteiger charge is 2.27. The summed E-state index contributed by atoms with van der Waals surface area (Å²) in [6.07, 6.45) is 0. The molecule has 0 heterocycles. The predicted octanol–water partition coefficient (Wildman–Crippen LogP) is 4.76. The summed E-state index contributed by atoms with van der Waals surface area (Å²) in [4.78, 5) is 12.8. The van der Waals surface area contributed by atoms with Gasteiger partial charge >= 0.3 is 0 Å². The second-order valence-corrected chi connectivity index (χ2v) is 9.72. The molecule has 162 valence electrons. The third-order valence-electron chi connectivity index (χ3n) is 4.95. The predicted molar refractivity (Wildman–Crippen MR) is 125 cm³/mol. The smallest absolute Gasteiger partial charge is 0.264 e. The number of hydrogen-bond acceptors (Lipinski definition) is 3. The van der Waals surface area contributed by atoms with Crippen molar-refractivity contribution in [1.29, 1.82) is 0 Å². The second kappa shape index (κ2) is 9.98. The molecule has 31 heavy (non-hydrogen) atoms. The van der Waals surface area contributed by atoms with Gasteiger partial charge < -0.3 is 5.32 Å². The minimum absolute atomic E-state index is 0.0730. The Balaban J connectivity index is 1.81. The summed E-state index contributed by atoms with van der Waals surface area (Å²) in [6.45, 7) is 3.97. The van der Waals surface area contributed by atoms with Gasteiger partial charge in [-0.3, -0.25) is 9.10 Å². The molecule has 0 fully saturated rings. The number of benzene rings is 3. The molecule has 1 N–H and O–H groups in total. The van der Waals surface area contributed by atoms with Gasteiger partial charge in [-0.05, 0) is 60.4 Å². The maximum absolute atomic E-state index is 13.4. The fourth-order valence-corrected chi connectivity index (χ4v) is 4.72. The van der Waals surface area contributed by atoms with Gasteiger partial charge in [-0.2, -0.15) is 0 Å². The summed E-state index contributed by atoms with van der Waals surface area (Å²) >= 11 is 5.91. The Labute approximate surface area is 188 Å². The average Bonchev–Trinajstić information content (AvgIpc) is 2.76. The first-order valence-electron chi connectivity index (χ1n) is 9.94. The quantitative estimate of drug-likeness (QED) is 0.531. The van der Waals surface area contributed by atoms with Gasteiger partial charge in [0.05, 0.1) is 10.6 Å². The van der Waals surface area contributed by atoms with Gasteiger partial charge in [-0.25, -0.2) is 8.42 Å². The van der Waals surface area contributed by atoms with Crippen LogP contribution in [0.4, 0.5) is 5.69 Å². The number of rotatable bonds is 8. The highest BCUT2D eigenvalue weighted by Crippen LogP contribution is 2.25. The Bertz CT molecular complexity index is 1130. The van der Waals surface area contributed by atoms with Crippen molar-refractivity contribution >= 4 is 33.2 Å². The number of nitrogens with zero attached hydrogens (tertiary/aromatic N) is 1. The third kappa shape index (κ3) is 5.87. The molecule has 0 aliphatic carbocycles. The van der Waals surface area contributed by atoms with Crippen LogP contribution in [0.3, 0.4) is 0 Å². The molecule has 0 aliphatic rings. The molecule has 3 aromatic carbocycles. The highest BCUT2D eigenvalue weighted by atomic mass is 35.5. The van der Waals surface area contributed by atoms with E-state index < -0.39 is 10.0 Å². The summed E-state index contributed by atoms with van der Waals surface area (Å²) in [5.74, 6) is -0.271. The first-order chi connectivity index (χ1) is 14.8. The number of amides is 1. The number of hydrogen-bond donors (Lipinski definition) is 1. The van der Waals surface area contributed by atoms with E-state index in [1.165, 1.54) is 24.3 Å². The largest absolute Gasteiger partial charge is 0.354 e. The first-order valence-corrected chi connectivity index (χ1v) is 11.8. The zero-order chi connectivity index (χ0) is 22.4. The van der Waals surface area contributed by atoms with E-state index in [2.05, 4.69) is 5.32 Å². The number of carbonyl (C=O) groups is 1. The van der Waals surface area contributed by atoms with Crippen molar-refractivity contribution in [2.45, 2.75) is 24.7 Å². The van der Waals surface area contributed by atoms with Crippen LogP contribution in [-0.2, 0) is 14.8 Å². The van der Waals surface area contributed by atoms with Crippen LogP contribution in [0.2, 0.25) is 5.02 Å². The molecule has 0 spiro atoms. The minimum Gasteiger partial charge on any atom is -0.354 e. The van der Waals surface area contributed by atoms with Crippen molar-refractivity contribution in [2.24, 2.45) is 0 Å². The average molecular weight is 457 g/mol. The van der Waals surface area contributed by atoms with Crippen LogP contribution in [-0.4, -0.2) is 27.4 Å². The lowest BCUT2D eigenvalue weighted by Crippen LogP contribution is -2.41. The minimum atomic E-state index is -3.96. The first kappa shape index (κ1) is 22.8. The normalized spacial score (nSPS) is 12.2. The van der Waals surface area contributed by atoms with Gasteiger partial charge in [0, 0.05) is 11.6 Å². The number of sulfonamides is 1. The van der Waals surface area contributed by atoms with Gasteiger partial charge in [0.15, 0.2) is 0 Å². The van der Waals surface area contributed by atoms with Crippen LogP contribution < -0.4 is 9.62 Å². The maximum atomic E-state index is 13.4. The topological polar surface area (TPSA) is 66.5 Å². The van der Waals surface area contributed by atoms with Crippen molar-refractivity contribution in [3.8, 4) is 0 Å². The number of halogens is 1. The lowest BCUT2D eigenvalue weighted by Gasteiger charge is -2.25. The molecule has 0 aliphatic heterocycles. The number of aryl methyl sites for hydroxylation is 1. The molecule has 7 heteroatoms. The Morgan fingerprint density at radius 3 is 2.32 bits per heavy atom. The molecule has 0 aromatic heterocycles. The summed E-state index contributed by atoms with van der Waals surface area (Å²) in [5.41, 5.74) is 2.43.